The first-order chi connectivity index (χ1) is 8.74. The summed E-state index contributed by atoms with van der Waals surface area (Å²) in [6.45, 7) is 6.86. The van der Waals surface area contributed by atoms with Crippen molar-refractivity contribution in [3.63, 3.8) is 0 Å². The van der Waals surface area contributed by atoms with Gasteiger partial charge in [0.25, 0.3) is 0 Å². The molecule has 1 N–H and O–H groups in total. The van der Waals surface area contributed by atoms with Gasteiger partial charge in [0.1, 0.15) is 0 Å². The van der Waals surface area contributed by atoms with Crippen LogP contribution in [-0.2, 0) is 0 Å². The molecule has 0 amide bonds. The molecule has 0 atom stereocenters. The molecule has 2 nitrogen and oxygen atoms in total. The Balaban J connectivity index is 1.62. The van der Waals surface area contributed by atoms with E-state index in [-0.39, 0.29) is 0 Å². The second-order valence-corrected chi connectivity index (χ2v) is 5.92. The molecule has 2 heteroatoms. The van der Waals surface area contributed by atoms with Gasteiger partial charge in [0.15, 0.2) is 0 Å². The molecule has 0 spiro atoms. The van der Waals surface area contributed by atoms with Crippen molar-refractivity contribution in [2.45, 2.75) is 51.6 Å². The molecule has 1 heterocycles. The summed E-state index contributed by atoms with van der Waals surface area (Å²) < 4.78 is 0. The molecule has 2 fully saturated rings. The van der Waals surface area contributed by atoms with Crippen LogP contribution in [0, 0.1) is 13.8 Å². The van der Waals surface area contributed by atoms with E-state index < -0.39 is 0 Å². The molecule has 0 bridgehead atoms. The molecular weight excluding hydrogens is 220 g/mol. The van der Waals surface area contributed by atoms with Crippen molar-refractivity contribution in [1.82, 2.24) is 5.32 Å². The lowest BCUT2D eigenvalue weighted by Crippen LogP contribution is -2.43. The second-order valence-electron chi connectivity index (χ2n) is 5.92. The van der Waals surface area contributed by atoms with E-state index >= 15 is 0 Å². The van der Waals surface area contributed by atoms with Crippen molar-refractivity contribution in [1.29, 1.82) is 0 Å². The van der Waals surface area contributed by atoms with Gasteiger partial charge in [-0.2, -0.15) is 0 Å². The Kier molecular flexibility index (Phi) is 3.29. The van der Waals surface area contributed by atoms with Crippen LogP contribution in [0.4, 0.5) is 5.69 Å². The van der Waals surface area contributed by atoms with Crippen molar-refractivity contribution < 1.29 is 0 Å². The van der Waals surface area contributed by atoms with Gasteiger partial charge in [0.05, 0.1) is 0 Å². The Labute approximate surface area is 110 Å². The van der Waals surface area contributed by atoms with Gasteiger partial charge in [-0.3, -0.25) is 0 Å². The molecule has 1 aliphatic carbocycles. The molecule has 98 valence electrons. The third kappa shape index (κ3) is 2.54. The van der Waals surface area contributed by atoms with Gasteiger partial charge in [-0.25, -0.2) is 0 Å². The highest BCUT2D eigenvalue weighted by atomic mass is 15.2. The highest BCUT2D eigenvalue weighted by molar-refractivity contribution is 5.56. The molecule has 3 rings (SSSR count). The normalized spacial score (nSPS) is 21.3. The van der Waals surface area contributed by atoms with E-state index in [1.165, 1.54) is 55.6 Å². The molecule has 0 aromatic heterocycles. The predicted octanol–water partition coefficient (Wildman–Crippen LogP) is 3.02. The summed E-state index contributed by atoms with van der Waals surface area (Å²) in [7, 11) is 0. The topological polar surface area (TPSA) is 15.3 Å². The Bertz CT molecular complexity index is 415. The molecule has 1 aliphatic heterocycles. The molecule has 18 heavy (non-hydrogen) atoms. The number of aryl methyl sites for hydroxylation is 1. The zero-order chi connectivity index (χ0) is 12.5. The summed E-state index contributed by atoms with van der Waals surface area (Å²) in [5.41, 5.74) is 4.30. The Morgan fingerprint density at radius 3 is 2.33 bits per heavy atom. The molecule has 1 aromatic carbocycles. The zero-order valence-corrected chi connectivity index (χ0v) is 11.6. The molecule has 0 radical (unpaired) electrons. The lowest BCUT2D eigenvalue weighted by atomic mass is 10.0. The largest absolute Gasteiger partial charge is 0.371 e. The van der Waals surface area contributed by atoms with Crippen molar-refractivity contribution in [2.75, 3.05) is 18.0 Å². The maximum atomic E-state index is 3.76. The number of hydrogen-bond donors (Lipinski definition) is 1. The molecular formula is C16H24N2. The van der Waals surface area contributed by atoms with Crippen LogP contribution >= 0.6 is 0 Å². The van der Waals surface area contributed by atoms with E-state index in [4.69, 9.17) is 0 Å². The van der Waals surface area contributed by atoms with Crippen LogP contribution in [0.25, 0.3) is 0 Å². The smallest absolute Gasteiger partial charge is 0.0398 e. The number of nitrogens with one attached hydrogen (secondary N) is 1. The van der Waals surface area contributed by atoms with E-state index in [2.05, 4.69) is 42.3 Å². The van der Waals surface area contributed by atoms with Gasteiger partial charge in [0.2, 0.25) is 0 Å². The van der Waals surface area contributed by atoms with Crippen LogP contribution in [0.15, 0.2) is 18.2 Å². The number of benzene rings is 1. The summed E-state index contributed by atoms with van der Waals surface area (Å²) in [5.74, 6) is 0. The fourth-order valence-corrected chi connectivity index (χ4v) is 2.95. The molecule has 2 aliphatic rings. The molecule has 1 saturated heterocycles. The fourth-order valence-electron chi connectivity index (χ4n) is 2.95. The minimum absolute atomic E-state index is 0.763. The minimum Gasteiger partial charge on any atom is -0.371 e. The minimum atomic E-state index is 0.763. The maximum absolute atomic E-state index is 3.76. The average molecular weight is 244 g/mol. The van der Waals surface area contributed by atoms with Crippen molar-refractivity contribution in [3.05, 3.63) is 29.3 Å². The van der Waals surface area contributed by atoms with Crippen molar-refractivity contribution in [3.8, 4) is 0 Å². The highest BCUT2D eigenvalue weighted by Gasteiger charge is 2.27. The summed E-state index contributed by atoms with van der Waals surface area (Å²) in [6, 6.07) is 8.28. The highest BCUT2D eigenvalue weighted by Crippen LogP contribution is 2.27. The van der Waals surface area contributed by atoms with Crippen LogP contribution < -0.4 is 10.2 Å². The monoisotopic (exact) mass is 244 g/mol. The van der Waals surface area contributed by atoms with E-state index in [9.17, 15) is 0 Å². The predicted molar refractivity (Wildman–Crippen MR) is 77.3 cm³/mol. The summed E-state index contributed by atoms with van der Waals surface area (Å²) in [6.07, 6.45) is 5.39. The molecule has 1 saturated carbocycles. The summed E-state index contributed by atoms with van der Waals surface area (Å²) >= 11 is 0. The van der Waals surface area contributed by atoms with Gasteiger partial charge >= 0.3 is 0 Å². The zero-order valence-electron chi connectivity index (χ0n) is 11.6. The quantitative estimate of drug-likeness (QED) is 0.879. The van der Waals surface area contributed by atoms with Crippen LogP contribution in [-0.4, -0.2) is 25.2 Å². The van der Waals surface area contributed by atoms with Crippen LogP contribution in [0.3, 0.4) is 0 Å². The van der Waals surface area contributed by atoms with Gasteiger partial charge in [-0.15, -0.1) is 0 Å². The van der Waals surface area contributed by atoms with Gasteiger partial charge in [-0.05, 0) is 56.7 Å². The number of nitrogens with zero attached hydrogens (tertiary/aromatic N) is 1. The van der Waals surface area contributed by atoms with E-state index in [0.717, 1.165) is 12.1 Å². The van der Waals surface area contributed by atoms with Gasteiger partial charge in [-0.1, -0.05) is 12.1 Å². The van der Waals surface area contributed by atoms with Crippen LogP contribution in [0.2, 0.25) is 0 Å². The van der Waals surface area contributed by atoms with E-state index in [1.54, 1.807) is 0 Å². The number of rotatable bonds is 3. The maximum Gasteiger partial charge on any atom is 0.0398 e. The number of hydrogen-bond acceptors (Lipinski definition) is 2. The van der Waals surface area contributed by atoms with Gasteiger partial charge in [0, 0.05) is 30.9 Å². The second kappa shape index (κ2) is 4.93. The Morgan fingerprint density at radius 2 is 1.67 bits per heavy atom. The number of piperidine rings is 1. The first-order valence-electron chi connectivity index (χ1n) is 7.31. The SMILES string of the molecule is Cc1cccc(N2CCC(NC3CC3)CC2)c1C. The standard InChI is InChI=1S/C16H24N2/c1-12-4-3-5-16(13(12)2)18-10-8-15(9-11-18)17-14-6-7-14/h3-5,14-15,17H,6-11H2,1-2H3. The van der Waals surface area contributed by atoms with Crippen LogP contribution in [0.1, 0.15) is 36.8 Å². The van der Waals surface area contributed by atoms with Crippen molar-refractivity contribution in [2.24, 2.45) is 0 Å². The van der Waals surface area contributed by atoms with Crippen LogP contribution in [0.5, 0.6) is 0 Å². The first kappa shape index (κ1) is 12.0. The summed E-state index contributed by atoms with van der Waals surface area (Å²) in [5, 5.41) is 3.76. The van der Waals surface area contributed by atoms with Crippen molar-refractivity contribution >= 4 is 5.69 Å². The van der Waals surface area contributed by atoms with E-state index in [0.29, 0.717) is 0 Å². The third-order valence-electron chi connectivity index (χ3n) is 4.46. The summed E-state index contributed by atoms with van der Waals surface area (Å²) in [4.78, 5) is 2.56. The molecule has 0 unspecified atom stereocenters. The lowest BCUT2D eigenvalue weighted by molar-refractivity contribution is 0.412. The fraction of sp³-hybridized carbons (Fsp3) is 0.625. The Hall–Kier alpha value is -1.02. The van der Waals surface area contributed by atoms with E-state index in [1.807, 2.05) is 0 Å². The first-order valence-corrected chi connectivity index (χ1v) is 7.31. The average Bonchev–Trinajstić information content (AvgIpc) is 3.18. The van der Waals surface area contributed by atoms with Gasteiger partial charge < -0.3 is 10.2 Å². The lowest BCUT2D eigenvalue weighted by Gasteiger charge is -2.35. The Morgan fingerprint density at radius 1 is 1.00 bits per heavy atom. The number of anilines is 1. The molecule has 1 aromatic rings. The third-order valence-corrected chi connectivity index (χ3v) is 4.46.